The molecule has 0 spiro atoms. The predicted octanol–water partition coefficient (Wildman–Crippen LogP) is -1.92. The molecule has 0 amide bonds. The summed E-state index contributed by atoms with van der Waals surface area (Å²) in [6.45, 7) is 0.0711. The lowest BCUT2D eigenvalue weighted by Crippen LogP contribution is -2.46. The second-order valence-corrected chi connectivity index (χ2v) is 5.15. The molecule has 1 aromatic heterocycles. The normalized spacial score (nSPS) is 31.8. The molecule has 9 heteroatoms. The molecule has 3 N–H and O–H groups in total. The van der Waals surface area contributed by atoms with E-state index in [9.17, 15) is 15.0 Å². The topological polar surface area (TPSA) is 111 Å². The number of ether oxygens (including phenoxy) is 2. The molecular weight excluding hydrogens is 280 g/mol. The number of aromatic nitrogens is 2. The van der Waals surface area contributed by atoms with Gasteiger partial charge in [-0.25, -0.2) is 4.98 Å². The van der Waals surface area contributed by atoms with E-state index in [4.69, 9.17) is 9.47 Å². The Morgan fingerprint density at radius 1 is 1.62 bits per heavy atom. The summed E-state index contributed by atoms with van der Waals surface area (Å²) in [4.78, 5) is 22.1. The van der Waals surface area contributed by atoms with Crippen LogP contribution in [0.5, 0.6) is 0 Å². The second kappa shape index (κ2) is 5.26. The number of H-pyrrole nitrogens is 1. The Hall–Kier alpha value is -1.68. The van der Waals surface area contributed by atoms with Crippen molar-refractivity contribution in [3.8, 4) is 0 Å². The maximum absolute atomic E-state index is 11.9. The predicted molar refractivity (Wildman–Crippen MR) is 73.2 cm³/mol. The molecule has 0 unspecified atom stereocenters. The van der Waals surface area contributed by atoms with E-state index in [1.54, 1.807) is 16.8 Å². The third kappa shape index (κ3) is 2.09. The molecule has 1 saturated heterocycles. The summed E-state index contributed by atoms with van der Waals surface area (Å²) in [6, 6.07) is 0. The van der Waals surface area contributed by atoms with Gasteiger partial charge < -0.3 is 34.5 Å². The van der Waals surface area contributed by atoms with Gasteiger partial charge in [-0.1, -0.05) is 0 Å². The van der Waals surface area contributed by atoms with Crippen molar-refractivity contribution in [2.45, 2.75) is 24.5 Å². The molecular formula is C12H18N4O5. The molecule has 9 nitrogen and oxygen atoms in total. The summed E-state index contributed by atoms with van der Waals surface area (Å²) in [6.07, 6.45) is -1.61. The number of nitrogens with one attached hydrogen (secondary N) is 1. The fourth-order valence-electron chi connectivity index (χ4n) is 2.88. The third-order valence-electron chi connectivity index (χ3n) is 3.90. The van der Waals surface area contributed by atoms with Gasteiger partial charge in [0, 0.05) is 14.2 Å². The lowest BCUT2D eigenvalue weighted by Gasteiger charge is -2.29. The van der Waals surface area contributed by atoms with Gasteiger partial charge in [0.25, 0.3) is 5.56 Å². The molecule has 0 aliphatic carbocycles. The van der Waals surface area contributed by atoms with Crippen molar-refractivity contribution >= 4 is 11.5 Å². The number of hydrogen-bond acceptors (Lipinski definition) is 8. The maximum Gasteiger partial charge on any atom is 0.276 e. The molecule has 1 aromatic rings. The van der Waals surface area contributed by atoms with E-state index >= 15 is 0 Å². The van der Waals surface area contributed by atoms with Crippen LogP contribution in [0.25, 0.3) is 0 Å². The Bertz CT molecular complexity index is 579. The summed E-state index contributed by atoms with van der Waals surface area (Å²) in [5.74, 6) is 0.471. The Morgan fingerprint density at radius 3 is 3.05 bits per heavy atom. The summed E-state index contributed by atoms with van der Waals surface area (Å²) in [5, 5.41) is 19.4. The lowest BCUT2D eigenvalue weighted by atomic mass is 10.1. The van der Waals surface area contributed by atoms with Crippen molar-refractivity contribution in [3.05, 3.63) is 16.7 Å². The minimum atomic E-state index is -0.943. The van der Waals surface area contributed by atoms with E-state index in [0.29, 0.717) is 18.2 Å². The van der Waals surface area contributed by atoms with E-state index in [-0.39, 0.29) is 12.2 Å². The Labute approximate surface area is 120 Å². The van der Waals surface area contributed by atoms with Gasteiger partial charge in [0.15, 0.2) is 12.0 Å². The van der Waals surface area contributed by atoms with Crippen LogP contribution in [0.3, 0.4) is 0 Å². The zero-order valence-electron chi connectivity index (χ0n) is 11.8. The van der Waals surface area contributed by atoms with Crippen molar-refractivity contribution in [2.24, 2.45) is 0 Å². The highest BCUT2D eigenvalue weighted by Crippen LogP contribution is 2.35. The van der Waals surface area contributed by atoms with Crippen LogP contribution in [0.2, 0.25) is 0 Å². The van der Waals surface area contributed by atoms with E-state index in [1.165, 1.54) is 13.4 Å². The molecule has 0 saturated carbocycles. The fourth-order valence-corrected chi connectivity index (χ4v) is 2.88. The summed E-state index contributed by atoms with van der Waals surface area (Å²) in [7, 11) is 3.24. The molecule has 0 radical (unpaired) electrons. The van der Waals surface area contributed by atoms with E-state index < -0.39 is 24.5 Å². The van der Waals surface area contributed by atoms with Crippen LogP contribution in [0.1, 0.15) is 0 Å². The van der Waals surface area contributed by atoms with Crippen LogP contribution in [0.15, 0.2) is 11.1 Å². The highest BCUT2D eigenvalue weighted by molar-refractivity contribution is 5.71. The molecule has 2 aliphatic rings. The average molecular weight is 298 g/mol. The molecule has 21 heavy (non-hydrogen) atoms. The average Bonchev–Trinajstić information content (AvgIpc) is 2.97. The van der Waals surface area contributed by atoms with E-state index in [0.717, 1.165) is 0 Å². The number of aliphatic hydroxyl groups excluding tert-OH is 2. The molecule has 4 atom stereocenters. The van der Waals surface area contributed by atoms with Crippen molar-refractivity contribution in [2.75, 3.05) is 37.2 Å². The molecule has 1 fully saturated rings. The van der Waals surface area contributed by atoms with Crippen LogP contribution < -0.4 is 15.4 Å². The summed E-state index contributed by atoms with van der Waals surface area (Å²) < 4.78 is 11.0. The first-order valence-corrected chi connectivity index (χ1v) is 6.61. The lowest BCUT2D eigenvalue weighted by molar-refractivity contribution is -0.0226. The monoisotopic (exact) mass is 298 g/mol. The molecule has 3 rings (SSSR count). The van der Waals surface area contributed by atoms with Crippen LogP contribution in [0, 0.1) is 0 Å². The van der Waals surface area contributed by atoms with Crippen molar-refractivity contribution in [3.63, 3.8) is 0 Å². The van der Waals surface area contributed by atoms with Gasteiger partial charge in [-0.3, -0.25) is 4.79 Å². The molecule has 0 aromatic carbocycles. The van der Waals surface area contributed by atoms with Crippen LogP contribution >= 0.6 is 0 Å². The van der Waals surface area contributed by atoms with Gasteiger partial charge in [-0.15, -0.1) is 0 Å². The fraction of sp³-hybridized carbons (Fsp3) is 0.667. The quantitative estimate of drug-likeness (QED) is 0.592. The maximum atomic E-state index is 11.9. The highest BCUT2D eigenvalue weighted by atomic mass is 16.6. The Morgan fingerprint density at radius 2 is 2.38 bits per heavy atom. The third-order valence-corrected chi connectivity index (χ3v) is 3.90. The van der Waals surface area contributed by atoms with Crippen molar-refractivity contribution in [1.82, 2.24) is 9.97 Å². The first-order valence-electron chi connectivity index (χ1n) is 6.61. The number of aromatic amines is 1. The Kier molecular flexibility index (Phi) is 3.57. The van der Waals surface area contributed by atoms with Gasteiger partial charge in [0.05, 0.1) is 19.6 Å². The van der Waals surface area contributed by atoms with Gasteiger partial charge in [-0.2, -0.15) is 0 Å². The number of rotatable bonds is 3. The van der Waals surface area contributed by atoms with Gasteiger partial charge in [0.1, 0.15) is 24.0 Å². The largest absolute Gasteiger partial charge is 0.394 e. The number of methoxy groups -OCH3 is 1. The standard InChI is InChI=1S/C12H18N4O5/c1-15-5-16(10-7(15)11(19)14-4-13-10)12-9(20-2)8(18)6(3-17)21-12/h4,6,8-9,12,17-18H,3,5H2,1-2H3,(H,13,14,19)/t6-,8-,9-,12-/m1/s1. The number of nitrogens with zero attached hydrogens (tertiary/aromatic N) is 3. The van der Waals surface area contributed by atoms with E-state index in [1.807, 2.05) is 0 Å². The van der Waals surface area contributed by atoms with Crippen molar-refractivity contribution < 1.29 is 19.7 Å². The number of aliphatic hydroxyl groups is 2. The zero-order valence-corrected chi connectivity index (χ0v) is 11.8. The minimum absolute atomic E-state index is 0.240. The highest BCUT2D eigenvalue weighted by Gasteiger charge is 2.49. The smallest absolute Gasteiger partial charge is 0.276 e. The number of hydrogen-bond donors (Lipinski definition) is 3. The molecule has 0 bridgehead atoms. The SMILES string of the molecule is CO[C@@H]1[C@H](O)[C@@H](CO)O[C@H]1N1CN(C)c2c1nc[nH]c2=O. The van der Waals surface area contributed by atoms with Gasteiger partial charge in [0.2, 0.25) is 0 Å². The zero-order chi connectivity index (χ0) is 15.1. The van der Waals surface area contributed by atoms with E-state index in [2.05, 4.69) is 9.97 Å². The number of fused-ring (bicyclic) bond motifs is 1. The molecule has 3 heterocycles. The second-order valence-electron chi connectivity index (χ2n) is 5.15. The summed E-state index contributed by atoms with van der Waals surface area (Å²) in [5.41, 5.74) is 0.203. The Balaban J connectivity index is 1.96. The van der Waals surface area contributed by atoms with Gasteiger partial charge in [-0.05, 0) is 0 Å². The minimum Gasteiger partial charge on any atom is -0.394 e. The first kappa shape index (κ1) is 14.3. The van der Waals surface area contributed by atoms with Crippen LogP contribution in [-0.4, -0.2) is 72.2 Å². The first-order chi connectivity index (χ1) is 10.1. The van der Waals surface area contributed by atoms with Gasteiger partial charge >= 0.3 is 0 Å². The number of anilines is 2. The van der Waals surface area contributed by atoms with Crippen molar-refractivity contribution in [1.29, 1.82) is 0 Å². The van der Waals surface area contributed by atoms with Crippen LogP contribution in [-0.2, 0) is 9.47 Å². The van der Waals surface area contributed by atoms with Crippen LogP contribution in [0.4, 0.5) is 11.5 Å². The molecule has 116 valence electrons. The summed E-state index contributed by atoms with van der Waals surface area (Å²) >= 11 is 0. The molecule has 2 aliphatic heterocycles.